The van der Waals surface area contributed by atoms with Gasteiger partial charge >= 0.3 is 0 Å². The normalized spacial score (nSPS) is 11.3. The highest BCUT2D eigenvalue weighted by Gasteiger charge is 2.20. The van der Waals surface area contributed by atoms with Gasteiger partial charge in [-0.2, -0.15) is 0 Å². The smallest absolute Gasteiger partial charge is 0.259 e. The van der Waals surface area contributed by atoms with Gasteiger partial charge in [0.1, 0.15) is 12.4 Å². The van der Waals surface area contributed by atoms with Crippen LogP contribution in [0, 0.1) is 0 Å². The van der Waals surface area contributed by atoms with Crippen molar-refractivity contribution in [2.24, 2.45) is 0 Å². The van der Waals surface area contributed by atoms with Crippen molar-refractivity contribution >= 4 is 33.2 Å². The Bertz CT molecular complexity index is 1150. The summed E-state index contributed by atoms with van der Waals surface area (Å²) in [5.41, 5.74) is 1.48. The van der Waals surface area contributed by atoms with Gasteiger partial charge in [-0.25, -0.2) is 12.7 Å². The predicted octanol–water partition coefficient (Wildman–Crippen LogP) is 4.42. The number of para-hydroxylation sites is 1. The van der Waals surface area contributed by atoms with E-state index in [0.29, 0.717) is 17.9 Å². The molecule has 0 atom stereocenters. The maximum Gasteiger partial charge on any atom is 0.259 e. The summed E-state index contributed by atoms with van der Waals surface area (Å²) in [7, 11) is -0.799. The first-order valence-electron chi connectivity index (χ1n) is 9.08. The molecule has 0 aromatic heterocycles. The van der Waals surface area contributed by atoms with Crippen LogP contribution in [0.25, 0.3) is 0 Å². The summed E-state index contributed by atoms with van der Waals surface area (Å²) < 4.78 is 31.7. The molecule has 3 aromatic carbocycles. The molecular weight excluding hydrogens is 424 g/mol. The molecule has 6 nitrogen and oxygen atoms in total. The Kier molecular flexibility index (Phi) is 6.77. The van der Waals surface area contributed by atoms with E-state index in [-0.39, 0.29) is 15.6 Å². The zero-order valence-electron chi connectivity index (χ0n) is 16.5. The zero-order valence-corrected chi connectivity index (χ0v) is 18.1. The molecule has 0 aliphatic carbocycles. The van der Waals surface area contributed by atoms with Gasteiger partial charge in [-0.05, 0) is 35.9 Å². The first-order valence-corrected chi connectivity index (χ1v) is 10.9. The molecule has 156 valence electrons. The van der Waals surface area contributed by atoms with Crippen molar-refractivity contribution < 1.29 is 17.9 Å². The van der Waals surface area contributed by atoms with E-state index in [1.54, 1.807) is 24.3 Å². The molecule has 0 saturated carbocycles. The lowest BCUT2D eigenvalue weighted by atomic mass is 10.1. The number of halogens is 1. The average Bonchev–Trinajstić information content (AvgIpc) is 2.74. The second-order valence-corrected chi connectivity index (χ2v) is 9.21. The van der Waals surface area contributed by atoms with Crippen molar-refractivity contribution in [3.8, 4) is 5.75 Å². The molecule has 0 bridgehead atoms. The first-order chi connectivity index (χ1) is 14.3. The molecule has 1 N–H and O–H groups in total. The van der Waals surface area contributed by atoms with Gasteiger partial charge in [-0.3, -0.25) is 4.79 Å². The van der Waals surface area contributed by atoms with Crippen molar-refractivity contribution in [1.29, 1.82) is 0 Å². The van der Waals surface area contributed by atoms with Crippen LogP contribution in [-0.2, 0) is 16.6 Å². The van der Waals surface area contributed by atoms with Crippen molar-refractivity contribution in [3.05, 3.63) is 88.9 Å². The molecule has 0 spiro atoms. The lowest BCUT2D eigenvalue weighted by Gasteiger charge is -2.15. The molecule has 1 amide bonds. The molecule has 8 heteroatoms. The van der Waals surface area contributed by atoms with Crippen LogP contribution >= 0.6 is 11.6 Å². The number of rotatable bonds is 7. The lowest BCUT2D eigenvalue weighted by molar-refractivity contribution is 0.102. The number of anilines is 1. The highest BCUT2D eigenvalue weighted by molar-refractivity contribution is 7.89. The number of hydrogen-bond donors (Lipinski definition) is 1. The second-order valence-electron chi connectivity index (χ2n) is 6.65. The number of ether oxygens (including phenoxy) is 1. The van der Waals surface area contributed by atoms with Gasteiger partial charge in [0.25, 0.3) is 5.91 Å². The Hall–Kier alpha value is -2.87. The van der Waals surface area contributed by atoms with E-state index in [1.165, 1.54) is 32.3 Å². The largest absolute Gasteiger partial charge is 0.488 e. The molecule has 0 radical (unpaired) electrons. The van der Waals surface area contributed by atoms with Gasteiger partial charge in [0.2, 0.25) is 10.0 Å². The Labute approximate surface area is 181 Å². The molecule has 3 rings (SSSR count). The molecular formula is C22H21ClN2O4S. The molecule has 0 unspecified atom stereocenters. The Morgan fingerprint density at radius 2 is 1.67 bits per heavy atom. The Morgan fingerprint density at radius 1 is 1.00 bits per heavy atom. The third kappa shape index (κ3) is 4.99. The fourth-order valence-electron chi connectivity index (χ4n) is 2.68. The van der Waals surface area contributed by atoms with Gasteiger partial charge < -0.3 is 10.1 Å². The molecule has 0 aliphatic heterocycles. The maximum absolute atomic E-state index is 12.9. The highest BCUT2D eigenvalue weighted by atomic mass is 35.5. The summed E-state index contributed by atoms with van der Waals surface area (Å²) in [6.45, 7) is 0.308. The van der Waals surface area contributed by atoms with Crippen LogP contribution in [0.2, 0.25) is 5.02 Å². The molecule has 0 heterocycles. The van der Waals surface area contributed by atoms with Crippen molar-refractivity contribution in [2.45, 2.75) is 11.5 Å². The Morgan fingerprint density at radius 3 is 2.37 bits per heavy atom. The van der Waals surface area contributed by atoms with Gasteiger partial charge in [-0.15, -0.1) is 0 Å². The fourth-order valence-corrected chi connectivity index (χ4v) is 3.77. The van der Waals surface area contributed by atoms with Crippen LogP contribution in [0.1, 0.15) is 15.9 Å². The summed E-state index contributed by atoms with van der Waals surface area (Å²) in [5.74, 6) is -0.0491. The van der Waals surface area contributed by atoms with E-state index in [9.17, 15) is 13.2 Å². The van der Waals surface area contributed by atoms with Crippen LogP contribution in [0.4, 0.5) is 5.69 Å². The van der Waals surface area contributed by atoms with Gasteiger partial charge in [0.05, 0.1) is 21.2 Å². The van der Waals surface area contributed by atoms with E-state index >= 15 is 0 Å². The summed E-state index contributed by atoms with van der Waals surface area (Å²) in [4.78, 5) is 12.9. The number of carbonyl (C=O) groups is 1. The fraction of sp³-hybridized carbons (Fsp3) is 0.136. The number of hydrogen-bond acceptors (Lipinski definition) is 4. The zero-order chi connectivity index (χ0) is 21.7. The van der Waals surface area contributed by atoms with E-state index in [1.807, 2.05) is 30.3 Å². The third-order valence-corrected chi connectivity index (χ3v) is 6.47. The minimum atomic E-state index is -3.67. The van der Waals surface area contributed by atoms with Gasteiger partial charge in [-0.1, -0.05) is 54.1 Å². The quantitative estimate of drug-likeness (QED) is 0.585. The van der Waals surface area contributed by atoms with E-state index in [2.05, 4.69) is 5.32 Å². The number of sulfonamides is 1. The number of carbonyl (C=O) groups excluding carboxylic acids is 1. The molecule has 30 heavy (non-hydrogen) atoms. The van der Waals surface area contributed by atoms with Crippen LogP contribution in [0.3, 0.4) is 0 Å². The number of nitrogens with one attached hydrogen (secondary N) is 1. The maximum atomic E-state index is 12.9. The minimum absolute atomic E-state index is 0.0285. The molecule has 3 aromatic rings. The summed E-state index contributed by atoms with van der Waals surface area (Å²) >= 11 is 6.18. The summed E-state index contributed by atoms with van der Waals surface area (Å²) in [6, 6.07) is 20.6. The van der Waals surface area contributed by atoms with Crippen molar-refractivity contribution in [2.75, 3.05) is 19.4 Å². The Balaban J connectivity index is 1.83. The molecule has 0 saturated heterocycles. The van der Waals surface area contributed by atoms with Crippen molar-refractivity contribution in [1.82, 2.24) is 4.31 Å². The summed E-state index contributed by atoms with van der Waals surface area (Å²) in [5, 5.41) is 2.91. The van der Waals surface area contributed by atoms with Crippen LogP contribution < -0.4 is 10.1 Å². The average molecular weight is 445 g/mol. The molecule has 0 fully saturated rings. The monoisotopic (exact) mass is 444 g/mol. The van der Waals surface area contributed by atoms with Crippen molar-refractivity contribution in [3.63, 3.8) is 0 Å². The van der Waals surface area contributed by atoms with Gasteiger partial charge in [0, 0.05) is 14.1 Å². The number of nitrogens with zero attached hydrogens (tertiary/aromatic N) is 1. The van der Waals surface area contributed by atoms with Crippen LogP contribution in [-0.4, -0.2) is 32.7 Å². The standard InChI is InChI=1S/C22H21ClN2O4S/c1-25(2)30(27,28)17-12-13-19(23)20(14-17)24-22(26)18-10-6-7-11-21(18)29-15-16-8-4-3-5-9-16/h3-14H,15H2,1-2H3,(H,24,26). The van der Waals surface area contributed by atoms with Crippen LogP contribution in [0.15, 0.2) is 77.7 Å². The third-order valence-electron chi connectivity index (χ3n) is 4.33. The van der Waals surface area contributed by atoms with Gasteiger partial charge in [0.15, 0.2) is 0 Å². The van der Waals surface area contributed by atoms with E-state index in [4.69, 9.17) is 16.3 Å². The number of amides is 1. The minimum Gasteiger partial charge on any atom is -0.488 e. The topological polar surface area (TPSA) is 75.7 Å². The summed E-state index contributed by atoms with van der Waals surface area (Å²) in [6.07, 6.45) is 0. The molecule has 0 aliphatic rings. The second kappa shape index (κ2) is 9.30. The first kappa shape index (κ1) is 21.8. The highest BCUT2D eigenvalue weighted by Crippen LogP contribution is 2.28. The lowest BCUT2D eigenvalue weighted by Crippen LogP contribution is -2.22. The van der Waals surface area contributed by atoms with E-state index in [0.717, 1.165) is 9.87 Å². The van der Waals surface area contributed by atoms with Crippen LogP contribution in [0.5, 0.6) is 5.75 Å². The SMILES string of the molecule is CN(C)S(=O)(=O)c1ccc(Cl)c(NC(=O)c2ccccc2OCc2ccccc2)c1. The van der Waals surface area contributed by atoms with E-state index < -0.39 is 15.9 Å². The predicted molar refractivity (Wildman–Crippen MR) is 117 cm³/mol. The number of benzene rings is 3.